The van der Waals surface area contributed by atoms with Gasteiger partial charge in [0.05, 0.1) is 0 Å². The third kappa shape index (κ3) is 2.37. The fourth-order valence-electron chi connectivity index (χ4n) is 0.896. The van der Waals surface area contributed by atoms with Crippen LogP contribution in [0.4, 0.5) is 0 Å². The molecule has 0 aromatic rings. The Bertz CT molecular complexity index is 354. The molecule has 0 spiro atoms. The van der Waals surface area contributed by atoms with Crippen LogP contribution in [0.2, 0.25) is 0 Å². The zero-order chi connectivity index (χ0) is 9.84. The van der Waals surface area contributed by atoms with Crippen molar-refractivity contribution in [3.8, 4) is 0 Å². The number of ketones is 2. The summed E-state index contributed by atoms with van der Waals surface area (Å²) in [7, 11) is 0. The van der Waals surface area contributed by atoms with Crippen molar-refractivity contribution in [1.29, 1.82) is 0 Å². The highest BCUT2D eigenvalue weighted by Crippen LogP contribution is 2.07. The van der Waals surface area contributed by atoms with Crippen molar-refractivity contribution in [1.82, 2.24) is 0 Å². The van der Waals surface area contributed by atoms with E-state index in [9.17, 15) is 9.59 Å². The molecule has 0 saturated carbocycles. The van der Waals surface area contributed by atoms with Gasteiger partial charge in [-0.1, -0.05) is 36.5 Å². The summed E-state index contributed by atoms with van der Waals surface area (Å²) in [5.74, 6) is -0.927. The van der Waals surface area contributed by atoms with Crippen LogP contribution in [-0.4, -0.2) is 11.6 Å². The van der Waals surface area contributed by atoms with Gasteiger partial charge in [0, 0.05) is 5.57 Å². The van der Waals surface area contributed by atoms with Crippen LogP contribution in [0.1, 0.15) is 6.92 Å². The summed E-state index contributed by atoms with van der Waals surface area (Å²) in [6, 6.07) is 0. The molecule has 0 unspecified atom stereocenters. The molecular formula is C11H10O2. The lowest BCUT2D eigenvalue weighted by Crippen LogP contribution is -2.14. The van der Waals surface area contributed by atoms with Crippen LogP contribution in [0.15, 0.2) is 48.1 Å². The fourth-order valence-corrected chi connectivity index (χ4v) is 0.896. The van der Waals surface area contributed by atoms with E-state index in [-0.39, 0.29) is 0 Å². The summed E-state index contributed by atoms with van der Waals surface area (Å²) in [5, 5.41) is 0. The van der Waals surface area contributed by atoms with E-state index in [1.54, 1.807) is 24.3 Å². The average Bonchev–Trinajstić information content (AvgIpc) is 2.07. The molecule has 66 valence electrons. The van der Waals surface area contributed by atoms with Gasteiger partial charge in [0.15, 0.2) is 0 Å². The molecule has 0 bridgehead atoms. The topological polar surface area (TPSA) is 34.1 Å². The molecule has 1 aliphatic rings. The second kappa shape index (κ2) is 3.81. The Hall–Kier alpha value is -1.70. The number of hydrogen-bond acceptors (Lipinski definition) is 2. The average molecular weight is 174 g/mol. The van der Waals surface area contributed by atoms with E-state index < -0.39 is 11.6 Å². The predicted molar refractivity (Wildman–Crippen MR) is 51.2 cm³/mol. The van der Waals surface area contributed by atoms with E-state index in [0.717, 1.165) is 5.57 Å². The largest absolute Gasteiger partial charge is 0.286 e. The van der Waals surface area contributed by atoms with Crippen molar-refractivity contribution in [2.24, 2.45) is 0 Å². The van der Waals surface area contributed by atoms with Gasteiger partial charge in [0.1, 0.15) is 0 Å². The summed E-state index contributed by atoms with van der Waals surface area (Å²) in [6.07, 6.45) is 7.76. The van der Waals surface area contributed by atoms with Gasteiger partial charge >= 0.3 is 0 Å². The highest BCUT2D eigenvalue weighted by atomic mass is 16.2. The van der Waals surface area contributed by atoms with E-state index in [2.05, 4.69) is 6.58 Å². The molecule has 2 nitrogen and oxygen atoms in total. The van der Waals surface area contributed by atoms with E-state index in [1.165, 1.54) is 6.08 Å². The molecule has 0 aromatic carbocycles. The number of hydrogen-bond donors (Lipinski definition) is 0. The minimum absolute atomic E-state index is 0.413. The van der Waals surface area contributed by atoms with Gasteiger partial charge in [-0.2, -0.15) is 0 Å². The first-order valence-electron chi connectivity index (χ1n) is 3.92. The Kier molecular flexibility index (Phi) is 2.75. The minimum Gasteiger partial charge on any atom is -0.286 e. The SMILES string of the molecule is C=C(C)C=CC1=CC=CC(=O)C1=O. The summed E-state index contributed by atoms with van der Waals surface area (Å²) < 4.78 is 0. The first kappa shape index (κ1) is 9.39. The smallest absolute Gasteiger partial charge is 0.232 e. The molecule has 0 heterocycles. The lowest BCUT2D eigenvalue weighted by Gasteiger charge is -2.00. The molecule has 1 aliphatic carbocycles. The lowest BCUT2D eigenvalue weighted by molar-refractivity contribution is -0.131. The Morgan fingerprint density at radius 2 is 2.15 bits per heavy atom. The van der Waals surface area contributed by atoms with Gasteiger partial charge in [-0.3, -0.25) is 9.59 Å². The normalized spacial score (nSPS) is 16.5. The maximum Gasteiger partial charge on any atom is 0.232 e. The number of carbonyl (C=O) groups excluding carboxylic acids is 2. The van der Waals surface area contributed by atoms with Crippen molar-refractivity contribution in [2.75, 3.05) is 0 Å². The van der Waals surface area contributed by atoms with Crippen molar-refractivity contribution >= 4 is 11.6 Å². The second-order valence-corrected chi connectivity index (χ2v) is 2.85. The number of Topliss-reactive ketones (excluding diaryl/α,β-unsaturated/α-hetero) is 1. The Balaban J connectivity index is 2.87. The van der Waals surface area contributed by atoms with E-state index in [1.807, 2.05) is 6.92 Å². The first-order valence-corrected chi connectivity index (χ1v) is 3.92. The maximum absolute atomic E-state index is 11.2. The minimum atomic E-state index is -0.469. The summed E-state index contributed by atoms with van der Waals surface area (Å²) in [6.45, 7) is 5.48. The van der Waals surface area contributed by atoms with Crippen LogP contribution in [0.25, 0.3) is 0 Å². The Morgan fingerprint density at radius 1 is 1.46 bits per heavy atom. The van der Waals surface area contributed by atoms with Crippen LogP contribution < -0.4 is 0 Å². The van der Waals surface area contributed by atoms with Gasteiger partial charge in [-0.05, 0) is 13.0 Å². The van der Waals surface area contributed by atoms with Crippen LogP contribution in [-0.2, 0) is 9.59 Å². The van der Waals surface area contributed by atoms with Gasteiger partial charge < -0.3 is 0 Å². The molecule has 0 amide bonds. The van der Waals surface area contributed by atoms with E-state index >= 15 is 0 Å². The Labute approximate surface area is 76.9 Å². The van der Waals surface area contributed by atoms with Crippen LogP contribution in [0, 0.1) is 0 Å². The number of carbonyl (C=O) groups is 2. The highest BCUT2D eigenvalue weighted by molar-refractivity contribution is 6.48. The van der Waals surface area contributed by atoms with Gasteiger partial charge in [0.25, 0.3) is 0 Å². The molecular weight excluding hydrogens is 164 g/mol. The van der Waals surface area contributed by atoms with Gasteiger partial charge in [-0.15, -0.1) is 0 Å². The predicted octanol–water partition coefficient (Wildman–Crippen LogP) is 1.75. The number of allylic oxidation sites excluding steroid dienone is 7. The monoisotopic (exact) mass is 174 g/mol. The third-order valence-electron chi connectivity index (χ3n) is 1.56. The third-order valence-corrected chi connectivity index (χ3v) is 1.56. The standard InChI is InChI=1S/C11H10O2/c1-8(2)6-7-9-4-3-5-10(12)11(9)13/h3-7H,1H2,2H3. The molecule has 0 N–H and O–H groups in total. The van der Waals surface area contributed by atoms with Crippen LogP contribution >= 0.6 is 0 Å². The zero-order valence-corrected chi connectivity index (χ0v) is 7.41. The molecule has 13 heavy (non-hydrogen) atoms. The molecule has 1 rings (SSSR count). The zero-order valence-electron chi connectivity index (χ0n) is 7.41. The summed E-state index contributed by atoms with van der Waals surface area (Å²) in [5.41, 5.74) is 1.26. The highest BCUT2D eigenvalue weighted by Gasteiger charge is 2.15. The Morgan fingerprint density at radius 3 is 2.77 bits per heavy atom. The number of rotatable bonds is 2. The van der Waals surface area contributed by atoms with E-state index in [0.29, 0.717) is 5.57 Å². The lowest BCUT2D eigenvalue weighted by atomic mass is 10.0. The quantitative estimate of drug-likeness (QED) is 0.363. The van der Waals surface area contributed by atoms with Crippen molar-refractivity contribution in [3.05, 3.63) is 48.1 Å². The van der Waals surface area contributed by atoms with Crippen LogP contribution in [0.3, 0.4) is 0 Å². The second-order valence-electron chi connectivity index (χ2n) is 2.85. The van der Waals surface area contributed by atoms with Crippen molar-refractivity contribution in [3.63, 3.8) is 0 Å². The molecule has 0 fully saturated rings. The van der Waals surface area contributed by atoms with Gasteiger partial charge in [-0.25, -0.2) is 0 Å². The van der Waals surface area contributed by atoms with Gasteiger partial charge in [0.2, 0.25) is 11.6 Å². The molecule has 0 aliphatic heterocycles. The first-order chi connectivity index (χ1) is 6.11. The molecule has 0 atom stereocenters. The maximum atomic E-state index is 11.2. The van der Waals surface area contributed by atoms with Crippen molar-refractivity contribution in [2.45, 2.75) is 6.92 Å². The summed E-state index contributed by atoms with van der Waals surface area (Å²) >= 11 is 0. The van der Waals surface area contributed by atoms with Crippen molar-refractivity contribution < 1.29 is 9.59 Å². The molecule has 0 aromatic heterocycles. The van der Waals surface area contributed by atoms with Crippen LogP contribution in [0.5, 0.6) is 0 Å². The fraction of sp³-hybridized carbons (Fsp3) is 0.0909. The molecule has 0 radical (unpaired) electrons. The van der Waals surface area contributed by atoms with E-state index in [4.69, 9.17) is 0 Å². The summed E-state index contributed by atoms with van der Waals surface area (Å²) in [4.78, 5) is 22.1. The molecule has 2 heteroatoms. The molecule has 0 saturated heterocycles.